The molecular formula is C14H10BrNOS. The van der Waals surface area contributed by atoms with Gasteiger partial charge in [-0.2, -0.15) is 0 Å². The average molecular weight is 320 g/mol. The Hall–Kier alpha value is -1.39. The summed E-state index contributed by atoms with van der Waals surface area (Å²) in [6.07, 6.45) is 0. The van der Waals surface area contributed by atoms with E-state index in [1.54, 1.807) is 18.4 Å². The minimum Gasteiger partial charge on any atom is -0.495 e. The molecule has 0 aliphatic rings. The highest BCUT2D eigenvalue weighted by Crippen LogP contribution is 2.36. The number of rotatable bonds is 2. The van der Waals surface area contributed by atoms with E-state index in [-0.39, 0.29) is 0 Å². The van der Waals surface area contributed by atoms with Crippen molar-refractivity contribution in [2.75, 3.05) is 7.11 Å². The predicted octanol–water partition coefficient (Wildman–Crippen LogP) is 4.73. The van der Waals surface area contributed by atoms with Crippen molar-refractivity contribution in [2.45, 2.75) is 0 Å². The highest BCUT2D eigenvalue weighted by atomic mass is 79.9. The van der Waals surface area contributed by atoms with E-state index < -0.39 is 0 Å². The van der Waals surface area contributed by atoms with Gasteiger partial charge in [-0.3, -0.25) is 0 Å². The topological polar surface area (TPSA) is 22.1 Å². The van der Waals surface area contributed by atoms with Crippen LogP contribution in [0.2, 0.25) is 0 Å². The summed E-state index contributed by atoms with van der Waals surface area (Å²) in [5.41, 5.74) is 2.12. The summed E-state index contributed by atoms with van der Waals surface area (Å²) in [5.74, 6) is 0.812. The van der Waals surface area contributed by atoms with Gasteiger partial charge in [0, 0.05) is 11.6 Å². The Kier molecular flexibility index (Phi) is 3.06. The van der Waals surface area contributed by atoms with Crippen LogP contribution in [0.5, 0.6) is 5.75 Å². The van der Waals surface area contributed by atoms with Gasteiger partial charge in [0.25, 0.3) is 0 Å². The molecule has 0 spiro atoms. The van der Waals surface area contributed by atoms with E-state index >= 15 is 0 Å². The summed E-state index contributed by atoms with van der Waals surface area (Å²) in [7, 11) is 1.66. The zero-order valence-electron chi connectivity index (χ0n) is 9.68. The molecule has 0 aliphatic carbocycles. The molecule has 0 saturated carbocycles. The molecule has 0 amide bonds. The first-order valence-electron chi connectivity index (χ1n) is 5.47. The monoisotopic (exact) mass is 319 g/mol. The number of thiazole rings is 1. The van der Waals surface area contributed by atoms with Crippen molar-refractivity contribution in [3.05, 3.63) is 46.9 Å². The van der Waals surface area contributed by atoms with Crippen molar-refractivity contribution >= 4 is 37.5 Å². The average Bonchev–Trinajstić information content (AvgIpc) is 2.81. The molecule has 0 radical (unpaired) electrons. The molecule has 0 atom stereocenters. The molecule has 0 fully saturated rings. The second-order valence-corrected chi connectivity index (χ2v) is 5.72. The van der Waals surface area contributed by atoms with Gasteiger partial charge in [0.1, 0.15) is 10.8 Å². The third-order valence-corrected chi connectivity index (χ3v) is 4.37. The van der Waals surface area contributed by atoms with Crippen molar-refractivity contribution in [1.82, 2.24) is 4.98 Å². The minimum absolute atomic E-state index is 0.812. The van der Waals surface area contributed by atoms with E-state index in [0.717, 1.165) is 31.0 Å². The predicted molar refractivity (Wildman–Crippen MR) is 79.3 cm³/mol. The Morgan fingerprint density at radius 3 is 2.67 bits per heavy atom. The van der Waals surface area contributed by atoms with Crippen molar-refractivity contribution in [3.63, 3.8) is 0 Å². The second kappa shape index (κ2) is 4.71. The first-order valence-corrected chi connectivity index (χ1v) is 7.08. The normalized spacial score (nSPS) is 10.8. The smallest absolute Gasteiger partial charge is 0.135 e. The van der Waals surface area contributed by atoms with Crippen LogP contribution in [-0.2, 0) is 0 Å². The van der Waals surface area contributed by atoms with Gasteiger partial charge in [-0.1, -0.05) is 30.3 Å². The molecule has 90 valence electrons. The number of halogens is 1. The molecular weight excluding hydrogens is 310 g/mol. The minimum atomic E-state index is 0.812. The van der Waals surface area contributed by atoms with Crippen LogP contribution in [0.25, 0.3) is 20.8 Å². The first-order chi connectivity index (χ1) is 8.78. The lowest BCUT2D eigenvalue weighted by Crippen LogP contribution is -1.83. The van der Waals surface area contributed by atoms with Crippen LogP contribution in [0, 0.1) is 0 Å². The number of methoxy groups -OCH3 is 1. The zero-order chi connectivity index (χ0) is 12.5. The molecule has 3 rings (SSSR count). The summed E-state index contributed by atoms with van der Waals surface area (Å²) < 4.78 is 7.40. The Balaban J connectivity index is 2.17. The highest BCUT2D eigenvalue weighted by Gasteiger charge is 2.09. The molecule has 1 heterocycles. The van der Waals surface area contributed by atoms with Gasteiger partial charge in [-0.05, 0) is 22.0 Å². The molecule has 0 N–H and O–H groups in total. The SMILES string of the molecule is COc1cc2nc(-c3ccccc3)sc2cc1Br. The molecule has 0 unspecified atom stereocenters. The molecule has 4 heteroatoms. The second-order valence-electron chi connectivity index (χ2n) is 3.84. The van der Waals surface area contributed by atoms with Crippen molar-refractivity contribution < 1.29 is 4.74 Å². The Bertz CT molecular complexity index is 694. The number of hydrogen-bond donors (Lipinski definition) is 0. The maximum Gasteiger partial charge on any atom is 0.135 e. The standard InChI is InChI=1S/C14H10BrNOS/c1-17-12-8-11-13(7-10(12)15)18-14(16-11)9-5-3-2-4-6-9/h2-8H,1H3. The van der Waals surface area contributed by atoms with Gasteiger partial charge in [0.2, 0.25) is 0 Å². The first kappa shape index (κ1) is 11.7. The molecule has 3 aromatic rings. The molecule has 18 heavy (non-hydrogen) atoms. The number of hydrogen-bond acceptors (Lipinski definition) is 3. The highest BCUT2D eigenvalue weighted by molar-refractivity contribution is 9.10. The maximum atomic E-state index is 5.29. The van der Waals surface area contributed by atoms with Crippen molar-refractivity contribution in [2.24, 2.45) is 0 Å². The van der Waals surface area contributed by atoms with Crippen molar-refractivity contribution in [3.8, 4) is 16.3 Å². The lowest BCUT2D eigenvalue weighted by Gasteiger charge is -2.01. The Labute approximate surface area is 117 Å². The quantitative estimate of drug-likeness (QED) is 0.681. The third kappa shape index (κ3) is 2.02. The molecule has 0 saturated heterocycles. The van der Waals surface area contributed by atoms with E-state index in [2.05, 4.69) is 39.1 Å². The van der Waals surface area contributed by atoms with Gasteiger partial charge >= 0.3 is 0 Å². The van der Waals surface area contributed by atoms with E-state index in [9.17, 15) is 0 Å². The van der Waals surface area contributed by atoms with Gasteiger partial charge in [-0.15, -0.1) is 11.3 Å². The number of benzene rings is 2. The fourth-order valence-electron chi connectivity index (χ4n) is 1.79. The summed E-state index contributed by atoms with van der Waals surface area (Å²) in [5, 5.41) is 1.03. The zero-order valence-corrected chi connectivity index (χ0v) is 12.1. The fraction of sp³-hybridized carbons (Fsp3) is 0.0714. The summed E-state index contributed by atoms with van der Waals surface area (Å²) >= 11 is 5.18. The van der Waals surface area contributed by atoms with Crippen LogP contribution < -0.4 is 4.74 Å². The lowest BCUT2D eigenvalue weighted by atomic mass is 10.2. The van der Waals surface area contributed by atoms with Gasteiger partial charge in [0.05, 0.1) is 21.8 Å². The van der Waals surface area contributed by atoms with Crippen LogP contribution in [-0.4, -0.2) is 12.1 Å². The molecule has 2 nitrogen and oxygen atoms in total. The van der Waals surface area contributed by atoms with Crippen molar-refractivity contribution in [1.29, 1.82) is 0 Å². The number of nitrogens with zero attached hydrogens (tertiary/aromatic N) is 1. The maximum absolute atomic E-state index is 5.29. The Morgan fingerprint density at radius 2 is 1.94 bits per heavy atom. The number of aromatic nitrogens is 1. The molecule has 1 aromatic heterocycles. The fourth-order valence-corrected chi connectivity index (χ4v) is 3.44. The summed E-state index contributed by atoms with van der Waals surface area (Å²) in [6, 6.07) is 14.2. The summed E-state index contributed by atoms with van der Waals surface area (Å²) in [4.78, 5) is 4.65. The largest absolute Gasteiger partial charge is 0.495 e. The summed E-state index contributed by atoms with van der Waals surface area (Å²) in [6.45, 7) is 0. The van der Waals surface area contributed by atoms with Crippen LogP contribution in [0.4, 0.5) is 0 Å². The van der Waals surface area contributed by atoms with Crippen LogP contribution in [0.15, 0.2) is 46.9 Å². The Morgan fingerprint density at radius 1 is 1.17 bits per heavy atom. The lowest BCUT2D eigenvalue weighted by molar-refractivity contribution is 0.413. The van der Waals surface area contributed by atoms with Gasteiger partial charge < -0.3 is 4.74 Å². The molecule has 2 aromatic carbocycles. The van der Waals surface area contributed by atoms with E-state index in [1.165, 1.54) is 0 Å². The molecule has 0 bridgehead atoms. The van der Waals surface area contributed by atoms with E-state index in [4.69, 9.17) is 4.74 Å². The van der Waals surface area contributed by atoms with Crippen LogP contribution in [0.3, 0.4) is 0 Å². The van der Waals surface area contributed by atoms with E-state index in [1.807, 2.05) is 24.3 Å². The molecule has 0 aliphatic heterocycles. The van der Waals surface area contributed by atoms with Crippen LogP contribution in [0.1, 0.15) is 0 Å². The number of ether oxygens (including phenoxy) is 1. The van der Waals surface area contributed by atoms with Gasteiger partial charge in [0.15, 0.2) is 0 Å². The van der Waals surface area contributed by atoms with Gasteiger partial charge in [-0.25, -0.2) is 4.98 Å². The third-order valence-electron chi connectivity index (χ3n) is 2.68. The van der Waals surface area contributed by atoms with E-state index in [0.29, 0.717) is 0 Å². The van der Waals surface area contributed by atoms with Crippen LogP contribution >= 0.6 is 27.3 Å². The number of fused-ring (bicyclic) bond motifs is 1.